The number of ether oxygens (including phenoxy) is 1. The van der Waals surface area contributed by atoms with Crippen LogP contribution in [-0.2, 0) is 19.2 Å². The van der Waals surface area contributed by atoms with Crippen LogP contribution in [0.2, 0.25) is 0 Å². The van der Waals surface area contributed by atoms with Gasteiger partial charge < -0.3 is 31.3 Å². The third-order valence-electron chi connectivity index (χ3n) is 7.41. The Morgan fingerprint density at radius 1 is 0.723 bits per heavy atom. The van der Waals surface area contributed by atoms with Gasteiger partial charge in [-0.25, -0.2) is 0 Å². The van der Waals surface area contributed by atoms with Gasteiger partial charge in [-0.05, 0) is 48.7 Å². The fourth-order valence-electron chi connectivity index (χ4n) is 4.79. The van der Waals surface area contributed by atoms with Crippen molar-refractivity contribution in [2.45, 2.75) is 97.1 Å². The Kier molecular flexibility index (Phi) is 20.5. The molecule has 2 aromatic carbocycles. The van der Waals surface area contributed by atoms with Crippen LogP contribution < -0.4 is 31.3 Å². The SMILES string of the molecule is CCCCCCCCCCCCNC(=O)CCCOc1ccc(NC(NC(=O)/C=C/c2ccccc2)C(=O)NCCNC(C)=O)cc1. The number of anilines is 1. The molecule has 0 saturated heterocycles. The lowest BCUT2D eigenvalue weighted by Crippen LogP contribution is -2.52. The molecule has 10 nitrogen and oxygen atoms in total. The van der Waals surface area contributed by atoms with E-state index in [1.807, 2.05) is 30.3 Å². The molecule has 1 atom stereocenters. The van der Waals surface area contributed by atoms with Crippen LogP contribution >= 0.6 is 0 Å². The molecule has 0 saturated carbocycles. The topological polar surface area (TPSA) is 138 Å². The number of nitrogens with one attached hydrogen (secondary N) is 5. The van der Waals surface area contributed by atoms with Crippen molar-refractivity contribution in [1.29, 1.82) is 0 Å². The lowest BCUT2D eigenvalue weighted by atomic mass is 10.1. The normalized spacial score (nSPS) is 11.4. The van der Waals surface area contributed by atoms with E-state index in [4.69, 9.17) is 4.74 Å². The van der Waals surface area contributed by atoms with Gasteiger partial charge in [0.15, 0.2) is 6.17 Å². The Morgan fingerprint density at radius 2 is 1.36 bits per heavy atom. The maximum atomic E-state index is 12.9. The van der Waals surface area contributed by atoms with Crippen LogP contribution in [0, 0.1) is 0 Å². The molecule has 4 amide bonds. The number of amides is 4. The highest BCUT2D eigenvalue weighted by molar-refractivity contribution is 5.96. The van der Waals surface area contributed by atoms with Gasteiger partial charge in [-0.1, -0.05) is 95.0 Å². The molecule has 1 unspecified atom stereocenters. The summed E-state index contributed by atoms with van der Waals surface area (Å²) in [6.45, 7) is 5.24. The summed E-state index contributed by atoms with van der Waals surface area (Å²) in [5.74, 6) is -0.420. The highest BCUT2D eigenvalue weighted by atomic mass is 16.5. The molecule has 0 aliphatic carbocycles. The molecular weight excluding hydrogens is 594 g/mol. The van der Waals surface area contributed by atoms with Crippen molar-refractivity contribution in [2.24, 2.45) is 0 Å². The minimum Gasteiger partial charge on any atom is -0.494 e. The lowest BCUT2D eigenvalue weighted by molar-refractivity contribution is -0.126. The minimum absolute atomic E-state index is 0.0473. The van der Waals surface area contributed by atoms with Gasteiger partial charge in [0.05, 0.1) is 6.61 Å². The average molecular weight is 650 g/mol. The standard InChI is InChI=1S/C37H55N5O5/c1-3-4-5-6-7-8-9-10-11-15-26-39-34(44)19-16-29-47-33-23-21-32(22-24-33)41-36(37(46)40-28-27-38-30(2)43)42-35(45)25-20-31-17-13-12-14-18-31/h12-14,17-18,20-25,36,41H,3-11,15-16,19,26-29H2,1-2H3,(H,38,43)(H,39,44)(H,40,46)(H,42,45)/b25-20+. The zero-order chi connectivity index (χ0) is 34.0. The molecule has 47 heavy (non-hydrogen) atoms. The number of hydrogen-bond acceptors (Lipinski definition) is 6. The number of benzene rings is 2. The van der Waals surface area contributed by atoms with Crippen molar-refractivity contribution in [1.82, 2.24) is 21.3 Å². The third-order valence-corrected chi connectivity index (χ3v) is 7.41. The molecule has 0 radical (unpaired) electrons. The summed E-state index contributed by atoms with van der Waals surface area (Å²) in [5.41, 5.74) is 1.45. The summed E-state index contributed by atoms with van der Waals surface area (Å²) in [6.07, 6.45) is 15.7. The minimum atomic E-state index is -1.06. The summed E-state index contributed by atoms with van der Waals surface area (Å²) in [7, 11) is 0. The smallest absolute Gasteiger partial charge is 0.263 e. The fraction of sp³-hybridized carbons (Fsp3) is 0.514. The number of hydrogen-bond donors (Lipinski definition) is 5. The van der Waals surface area contributed by atoms with Crippen LogP contribution in [-0.4, -0.2) is 56.0 Å². The largest absolute Gasteiger partial charge is 0.494 e. The van der Waals surface area contributed by atoms with Crippen molar-refractivity contribution in [3.8, 4) is 5.75 Å². The van der Waals surface area contributed by atoms with E-state index < -0.39 is 18.0 Å². The maximum absolute atomic E-state index is 12.9. The number of carbonyl (C=O) groups excluding carboxylic acids is 4. The number of rotatable bonds is 25. The second-order valence-electron chi connectivity index (χ2n) is 11.6. The predicted molar refractivity (Wildman–Crippen MR) is 189 cm³/mol. The van der Waals surface area contributed by atoms with E-state index >= 15 is 0 Å². The average Bonchev–Trinajstić information content (AvgIpc) is 3.07. The van der Waals surface area contributed by atoms with Crippen molar-refractivity contribution in [3.63, 3.8) is 0 Å². The van der Waals surface area contributed by atoms with Gasteiger partial charge >= 0.3 is 0 Å². The fourth-order valence-corrected chi connectivity index (χ4v) is 4.79. The molecule has 0 heterocycles. The van der Waals surface area contributed by atoms with E-state index in [0.717, 1.165) is 24.9 Å². The number of carbonyl (C=O) groups is 4. The second-order valence-corrected chi connectivity index (χ2v) is 11.6. The summed E-state index contributed by atoms with van der Waals surface area (Å²) in [6, 6.07) is 16.4. The molecule has 0 fully saturated rings. The van der Waals surface area contributed by atoms with E-state index in [1.54, 1.807) is 30.3 Å². The Bertz CT molecular complexity index is 1200. The molecule has 258 valence electrons. The molecule has 0 spiro atoms. The van der Waals surface area contributed by atoms with Crippen LogP contribution in [0.15, 0.2) is 60.7 Å². The molecule has 0 aliphatic rings. The summed E-state index contributed by atoms with van der Waals surface area (Å²) >= 11 is 0. The van der Waals surface area contributed by atoms with Gasteiger partial charge in [0.1, 0.15) is 5.75 Å². The molecule has 0 aromatic heterocycles. The Balaban J connectivity index is 1.70. The van der Waals surface area contributed by atoms with Crippen LogP contribution in [0.4, 0.5) is 5.69 Å². The van der Waals surface area contributed by atoms with Crippen LogP contribution in [0.25, 0.3) is 6.08 Å². The third kappa shape index (κ3) is 19.7. The van der Waals surface area contributed by atoms with E-state index in [1.165, 1.54) is 64.4 Å². The molecule has 5 N–H and O–H groups in total. The van der Waals surface area contributed by atoms with Gasteiger partial charge in [-0.2, -0.15) is 0 Å². The summed E-state index contributed by atoms with van der Waals surface area (Å²) in [4.78, 5) is 48.8. The van der Waals surface area contributed by atoms with E-state index in [9.17, 15) is 19.2 Å². The van der Waals surface area contributed by atoms with Gasteiger partial charge in [0.25, 0.3) is 5.91 Å². The number of unbranched alkanes of at least 4 members (excludes halogenated alkanes) is 9. The van der Waals surface area contributed by atoms with Crippen LogP contribution in [0.3, 0.4) is 0 Å². The second kappa shape index (κ2) is 24.8. The van der Waals surface area contributed by atoms with Crippen molar-refractivity contribution in [3.05, 3.63) is 66.2 Å². The first-order valence-electron chi connectivity index (χ1n) is 17.2. The monoisotopic (exact) mass is 649 g/mol. The summed E-state index contributed by atoms with van der Waals surface area (Å²) < 4.78 is 5.80. The van der Waals surface area contributed by atoms with Gasteiger partial charge in [0, 0.05) is 44.7 Å². The maximum Gasteiger partial charge on any atom is 0.263 e. The molecule has 2 aromatic rings. The molecule has 10 heteroatoms. The van der Waals surface area contributed by atoms with Gasteiger partial charge in [-0.3, -0.25) is 19.2 Å². The highest BCUT2D eigenvalue weighted by Crippen LogP contribution is 2.17. The Morgan fingerprint density at radius 3 is 2.02 bits per heavy atom. The van der Waals surface area contributed by atoms with Crippen molar-refractivity contribution in [2.75, 3.05) is 31.6 Å². The zero-order valence-corrected chi connectivity index (χ0v) is 28.3. The first kappa shape index (κ1) is 38.8. The molecular formula is C37H55N5O5. The first-order chi connectivity index (χ1) is 22.9. The Hall–Kier alpha value is -4.34. The van der Waals surface area contributed by atoms with Gasteiger partial charge in [0.2, 0.25) is 17.7 Å². The quantitative estimate of drug-likeness (QED) is 0.0532. The Labute approximate surface area is 280 Å². The first-order valence-corrected chi connectivity index (χ1v) is 17.2. The van der Waals surface area contributed by atoms with E-state index in [-0.39, 0.29) is 24.9 Å². The van der Waals surface area contributed by atoms with E-state index in [2.05, 4.69) is 33.5 Å². The molecule has 0 bridgehead atoms. The van der Waals surface area contributed by atoms with Crippen LogP contribution in [0.5, 0.6) is 5.75 Å². The molecule has 2 rings (SSSR count). The predicted octanol–water partition coefficient (Wildman–Crippen LogP) is 5.70. The van der Waals surface area contributed by atoms with Gasteiger partial charge in [-0.15, -0.1) is 0 Å². The highest BCUT2D eigenvalue weighted by Gasteiger charge is 2.19. The van der Waals surface area contributed by atoms with Crippen LogP contribution in [0.1, 0.15) is 96.5 Å². The zero-order valence-electron chi connectivity index (χ0n) is 28.3. The lowest BCUT2D eigenvalue weighted by Gasteiger charge is -2.20. The van der Waals surface area contributed by atoms with Crippen molar-refractivity contribution < 1.29 is 23.9 Å². The summed E-state index contributed by atoms with van der Waals surface area (Å²) in [5, 5.41) is 14.1. The van der Waals surface area contributed by atoms with E-state index in [0.29, 0.717) is 30.9 Å². The molecule has 0 aliphatic heterocycles. The van der Waals surface area contributed by atoms with Crippen molar-refractivity contribution >= 4 is 35.4 Å².